The maximum atomic E-state index is 12.0. The van der Waals surface area contributed by atoms with E-state index in [2.05, 4.69) is 19.5 Å². The number of H-pyrrole nitrogens is 1. The first kappa shape index (κ1) is 15.6. The van der Waals surface area contributed by atoms with Crippen LogP contribution in [0.2, 0.25) is 0 Å². The van der Waals surface area contributed by atoms with E-state index in [0.717, 1.165) is 47.8 Å². The van der Waals surface area contributed by atoms with E-state index in [4.69, 9.17) is 4.74 Å². The van der Waals surface area contributed by atoms with Crippen LogP contribution in [-0.2, 0) is 4.74 Å². The summed E-state index contributed by atoms with van der Waals surface area (Å²) in [5, 5.41) is 10.3. The summed E-state index contributed by atoms with van der Waals surface area (Å²) in [5.41, 5.74) is 2.91. The summed E-state index contributed by atoms with van der Waals surface area (Å²) >= 11 is 0. The van der Waals surface area contributed by atoms with E-state index in [1.807, 2.05) is 24.8 Å². The Hall–Kier alpha value is -2.61. The van der Waals surface area contributed by atoms with Crippen LogP contribution in [0.4, 0.5) is 4.79 Å². The Bertz CT molecular complexity index is 956. The number of carbonyl (C=O) groups is 1. The minimum atomic E-state index is -0.382. The molecule has 8 heteroatoms. The summed E-state index contributed by atoms with van der Waals surface area (Å²) < 4.78 is 7.45. The molecule has 2 fully saturated rings. The molecule has 1 saturated carbocycles. The van der Waals surface area contributed by atoms with Crippen molar-refractivity contribution in [2.75, 3.05) is 13.2 Å². The molecule has 2 N–H and O–H groups in total. The summed E-state index contributed by atoms with van der Waals surface area (Å²) in [6.45, 7) is 0.383. The van der Waals surface area contributed by atoms with E-state index in [1.54, 1.807) is 4.90 Å². The number of pyridine rings is 1. The van der Waals surface area contributed by atoms with E-state index in [1.165, 1.54) is 0 Å². The number of hydrogen-bond acceptors (Lipinski definition) is 5. The van der Waals surface area contributed by atoms with E-state index >= 15 is 0 Å². The highest BCUT2D eigenvalue weighted by Gasteiger charge is 2.37. The van der Waals surface area contributed by atoms with Crippen molar-refractivity contribution in [1.29, 1.82) is 0 Å². The molecule has 0 spiro atoms. The summed E-state index contributed by atoms with van der Waals surface area (Å²) in [5.74, 6) is 0. The Balaban J connectivity index is 1.37. The van der Waals surface area contributed by atoms with Gasteiger partial charge in [0.1, 0.15) is 17.3 Å². The van der Waals surface area contributed by atoms with Crippen molar-refractivity contribution in [2.24, 2.45) is 0 Å². The number of hydrogen-bond donors (Lipinski definition) is 2. The Morgan fingerprint density at radius 1 is 1.23 bits per heavy atom. The zero-order chi connectivity index (χ0) is 17.7. The van der Waals surface area contributed by atoms with Crippen molar-refractivity contribution in [3.05, 3.63) is 24.8 Å². The van der Waals surface area contributed by atoms with E-state index in [0.29, 0.717) is 12.6 Å². The molecule has 0 aromatic carbocycles. The monoisotopic (exact) mass is 355 g/mol. The third kappa shape index (κ3) is 2.36. The minimum Gasteiger partial charge on any atom is -0.442 e. The molecule has 3 aromatic rings. The quantitative estimate of drug-likeness (QED) is 0.751. The number of rotatable bonds is 3. The average Bonchev–Trinajstić information content (AvgIpc) is 3.38. The van der Waals surface area contributed by atoms with Crippen molar-refractivity contribution < 1.29 is 14.6 Å². The van der Waals surface area contributed by atoms with Gasteiger partial charge in [-0.2, -0.15) is 0 Å². The molecule has 1 aliphatic carbocycles. The van der Waals surface area contributed by atoms with E-state index < -0.39 is 0 Å². The number of ether oxygens (including phenoxy) is 1. The van der Waals surface area contributed by atoms with Gasteiger partial charge in [-0.05, 0) is 31.7 Å². The number of nitrogens with one attached hydrogen (secondary N) is 1. The van der Waals surface area contributed by atoms with Crippen molar-refractivity contribution >= 4 is 28.2 Å². The van der Waals surface area contributed by atoms with Crippen LogP contribution in [0, 0.1) is 0 Å². The number of aliphatic hydroxyl groups is 1. The molecule has 1 aliphatic heterocycles. The summed E-state index contributed by atoms with van der Waals surface area (Å²) in [4.78, 5) is 25.9. The molecule has 26 heavy (non-hydrogen) atoms. The van der Waals surface area contributed by atoms with Crippen molar-refractivity contribution in [3.8, 4) is 0 Å². The molecule has 3 aromatic heterocycles. The topological polar surface area (TPSA) is 96.3 Å². The molecular formula is C18H21N5O3. The number of aliphatic hydroxyl groups excluding tert-OH is 1. The minimum absolute atomic E-state index is 0.112. The number of aromatic amines is 1. The van der Waals surface area contributed by atoms with E-state index in [-0.39, 0.29) is 24.8 Å². The lowest BCUT2D eigenvalue weighted by atomic mass is 9.90. The molecule has 1 amide bonds. The SMILES string of the molecule is O=C1OC(CO)CN1[C@H]1CC[C@H](n2cnc3cnc4[nH]ccc4c32)CC1. The smallest absolute Gasteiger partial charge is 0.410 e. The van der Waals surface area contributed by atoms with Crippen LogP contribution in [0.3, 0.4) is 0 Å². The molecule has 1 saturated heterocycles. The van der Waals surface area contributed by atoms with Gasteiger partial charge in [0.2, 0.25) is 0 Å². The summed E-state index contributed by atoms with van der Waals surface area (Å²) in [6, 6.07) is 2.60. The fraction of sp³-hybridized carbons (Fsp3) is 0.500. The van der Waals surface area contributed by atoms with Gasteiger partial charge in [-0.15, -0.1) is 0 Å². The molecule has 2 aliphatic rings. The average molecular weight is 355 g/mol. The predicted octanol–water partition coefficient (Wildman–Crippen LogP) is 2.21. The first-order chi connectivity index (χ1) is 12.7. The predicted molar refractivity (Wildman–Crippen MR) is 94.7 cm³/mol. The second kappa shape index (κ2) is 5.98. The number of imidazole rings is 1. The van der Waals surface area contributed by atoms with Gasteiger partial charge in [-0.25, -0.2) is 14.8 Å². The molecule has 8 nitrogen and oxygen atoms in total. The van der Waals surface area contributed by atoms with Gasteiger partial charge in [0, 0.05) is 23.7 Å². The number of aromatic nitrogens is 4. The Kier molecular flexibility index (Phi) is 3.59. The van der Waals surface area contributed by atoms with Gasteiger partial charge < -0.3 is 24.3 Å². The number of nitrogens with zero attached hydrogens (tertiary/aromatic N) is 4. The lowest BCUT2D eigenvalue weighted by molar-refractivity contribution is 0.0930. The second-order valence-electron chi connectivity index (χ2n) is 7.19. The third-order valence-electron chi connectivity index (χ3n) is 5.72. The number of fused-ring (bicyclic) bond motifs is 3. The molecular weight excluding hydrogens is 334 g/mol. The number of cyclic esters (lactones) is 1. The Morgan fingerprint density at radius 3 is 2.81 bits per heavy atom. The zero-order valence-electron chi connectivity index (χ0n) is 14.3. The highest BCUT2D eigenvalue weighted by atomic mass is 16.6. The van der Waals surface area contributed by atoms with Gasteiger partial charge in [-0.1, -0.05) is 0 Å². The van der Waals surface area contributed by atoms with Crippen LogP contribution < -0.4 is 0 Å². The van der Waals surface area contributed by atoms with E-state index in [9.17, 15) is 9.90 Å². The molecule has 1 atom stereocenters. The number of carbonyl (C=O) groups excluding carboxylic acids is 1. The van der Waals surface area contributed by atoms with Crippen molar-refractivity contribution in [3.63, 3.8) is 0 Å². The van der Waals surface area contributed by atoms with Crippen molar-refractivity contribution in [1.82, 2.24) is 24.4 Å². The van der Waals surface area contributed by atoms with Crippen LogP contribution in [-0.4, -0.2) is 60.9 Å². The first-order valence-corrected chi connectivity index (χ1v) is 9.11. The fourth-order valence-electron chi connectivity index (χ4n) is 4.39. The van der Waals surface area contributed by atoms with Gasteiger partial charge in [-0.3, -0.25) is 0 Å². The first-order valence-electron chi connectivity index (χ1n) is 9.11. The van der Waals surface area contributed by atoms with Gasteiger partial charge in [0.15, 0.2) is 0 Å². The summed E-state index contributed by atoms with van der Waals surface area (Å²) in [6.07, 6.45) is 8.78. The van der Waals surface area contributed by atoms with Crippen molar-refractivity contribution in [2.45, 2.75) is 43.9 Å². The lowest BCUT2D eigenvalue weighted by Crippen LogP contribution is -2.39. The van der Waals surface area contributed by atoms with Gasteiger partial charge in [0.05, 0.1) is 31.2 Å². The maximum Gasteiger partial charge on any atom is 0.410 e. The van der Waals surface area contributed by atoms with Crippen LogP contribution in [0.25, 0.3) is 22.1 Å². The largest absolute Gasteiger partial charge is 0.442 e. The Labute approximate surface area is 149 Å². The highest BCUT2D eigenvalue weighted by Crippen LogP contribution is 2.35. The number of amides is 1. The fourth-order valence-corrected chi connectivity index (χ4v) is 4.39. The molecule has 0 radical (unpaired) electrons. The standard InChI is InChI=1S/C18H21N5O3/c24-9-13-8-22(18(25)26-13)11-1-3-12(4-2-11)23-10-21-15-7-20-17-14(16(15)23)5-6-19-17/h5-7,10-13,24H,1-4,8-9H2,(H,19,20)/t11-,12-,13?. The van der Waals surface area contributed by atoms with Crippen LogP contribution >= 0.6 is 0 Å². The van der Waals surface area contributed by atoms with Crippen LogP contribution in [0.1, 0.15) is 31.7 Å². The Morgan fingerprint density at radius 2 is 2.04 bits per heavy atom. The highest BCUT2D eigenvalue weighted by molar-refractivity contribution is 6.00. The maximum absolute atomic E-state index is 12.0. The van der Waals surface area contributed by atoms with Gasteiger partial charge >= 0.3 is 6.09 Å². The second-order valence-corrected chi connectivity index (χ2v) is 7.19. The molecule has 0 bridgehead atoms. The zero-order valence-corrected chi connectivity index (χ0v) is 14.3. The van der Waals surface area contributed by atoms with Crippen LogP contribution in [0.5, 0.6) is 0 Å². The normalized spacial score (nSPS) is 26.7. The summed E-state index contributed by atoms with van der Waals surface area (Å²) in [7, 11) is 0. The third-order valence-corrected chi connectivity index (χ3v) is 5.72. The molecule has 1 unspecified atom stereocenters. The van der Waals surface area contributed by atoms with Crippen LogP contribution in [0.15, 0.2) is 24.8 Å². The van der Waals surface area contributed by atoms with Gasteiger partial charge in [0.25, 0.3) is 0 Å². The molecule has 5 rings (SSSR count). The molecule has 136 valence electrons. The molecule has 4 heterocycles. The lowest BCUT2D eigenvalue weighted by Gasteiger charge is -2.34.